The molecular formula is C13H14N2O2S. The zero-order valence-corrected chi connectivity index (χ0v) is 10.8. The summed E-state index contributed by atoms with van der Waals surface area (Å²) in [6.45, 7) is 2.69. The van der Waals surface area contributed by atoms with E-state index in [4.69, 9.17) is 5.11 Å². The van der Waals surface area contributed by atoms with E-state index in [2.05, 4.69) is 10.3 Å². The molecular weight excluding hydrogens is 248 g/mol. The Balaban J connectivity index is 1.95. The molecule has 0 bridgehead atoms. The molecule has 0 atom stereocenters. The molecule has 0 aliphatic rings. The van der Waals surface area contributed by atoms with Gasteiger partial charge < -0.3 is 10.4 Å². The fraction of sp³-hybridized carbons (Fsp3) is 0.231. The third kappa shape index (κ3) is 3.07. The van der Waals surface area contributed by atoms with E-state index in [1.807, 2.05) is 17.8 Å². The van der Waals surface area contributed by atoms with Gasteiger partial charge in [0.15, 0.2) is 0 Å². The molecule has 0 unspecified atom stereocenters. The number of aromatic carboxylic acids is 1. The summed E-state index contributed by atoms with van der Waals surface area (Å²) in [6, 6.07) is 5.09. The number of hydrogen-bond acceptors (Lipinski definition) is 4. The second-order valence-electron chi connectivity index (χ2n) is 3.99. The van der Waals surface area contributed by atoms with E-state index in [-0.39, 0.29) is 0 Å². The number of aryl methyl sites for hydroxylation is 1. The molecule has 2 aromatic rings. The van der Waals surface area contributed by atoms with Gasteiger partial charge >= 0.3 is 5.97 Å². The minimum atomic E-state index is -0.896. The highest BCUT2D eigenvalue weighted by molar-refractivity contribution is 7.07. The van der Waals surface area contributed by atoms with Gasteiger partial charge in [-0.05, 0) is 30.7 Å². The van der Waals surface area contributed by atoms with Crippen molar-refractivity contribution in [2.45, 2.75) is 13.3 Å². The van der Waals surface area contributed by atoms with Crippen LogP contribution < -0.4 is 5.32 Å². The number of nitrogens with one attached hydrogen (secondary N) is 1. The summed E-state index contributed by atoms with van der Waals surface area (Å²) in [5.74, 6) is -0.896. The lowest BCUT2D eigenvalue weighted by Gasteiger charge is -2.09. The highest BCUT2D eigenvalue weighted by Crippen LogP contribution is 2.16. The Kier molecular flexibility index (Phi) is 3.94. The maximum Gasteiger partial charge on any atom is 0.335 e. The number of anilines is 1. The molecule has 18 heavy (non-hydrogen) atoms. The number of rotatable bonds is 5. The zero-order chi connectivity index (χ0) is 13.0. The van der Waals surface area contributed by atoms with Crippen molar-refractivity contribution in [3.8, 4) is 0 Å². The van der Waals surface area contributed by atoms with Gasteiger partial charge in [-0.1, -0.05) is 0 Å². The van der Waals surface area contributed by atoms with Gasteiger partial charge in [0.2, 0.25) is 0 Å². The number of carboxylic acids is 1. The molecule has 1 aromatic carbocycles. The van der Waals surface area contributed by atoms with Crippen LogP contribution in [0.2, 0.25) is 0 Å². The first-order valence-corrected chi connectivity index (χ1v) is 6.56. The quantitative estimate of drug-likeness (QED) is 0.869. The maximum atomic E-state index is 10.8. The second kappa shape index (κ2) is 5.64. The number of hydrogen-bond donors (Lipinski definition) is 2. The van der Waals surface area contributed by atoms with Crippen molar-refractivity contribution >= 4 is 23.0 Å². The average Bonchev–Trinajstić information content (AvgIpc) is 2.84. The molecule has 1 heterocycles. The minimum absolute atomic E-state index is 0.317. The van der Waals surface area contributed by atoms with Crippen LogP contribution in [0, 0.1) is 6.92 Å². The van der Waals surface area contributed by atoms with Gasteiger partial charge in [-0.3, -0.25) is 0 Å². The van der Waals surface area contributed by atoms with E-state index < -0.39 is 5.97 Å². The molecule has 0 amide bonds. The first-order chi connectivity index (χ1) is 8.66. The van der Waals surface area contributed by atoms with Crippen molar-refractivity contribution in [2.75, 3.05) is 11.9 Å². The molecule has 2 rings (SSSR count). The van der Waals surface area contributed by atoms with Crippen LogP contribution in [-0.2, 0) is 6.42 Å². The molecule has 0 saturated heterocycles. The molecule has 5 heteroatoms. The lowest BCUT2D eigenvalue weighted by atomic mass is 10.1. The van der Waals surface area contributed by atoms with Crippen molar-refractivity contribution in [2.24, 2.45) is 0 Å². The summed E-state index contributed by atoms with van der Waals surface area (Å²) in [5.41, 5.74) is 5.12. The van der Waals surface area contributed by atoms with E-state index in [0.29, 0.717) is 5.56 Å². The van der Waals surface area contributed by atoms with Crippen molar-refractivity contribution in [3.05, 3.63) is 45.9 Å². The Morgan fingerprint density at radius 1 is 1.50 bits per heavy atom. The number of benzene rings is 1. The van der Waals surface area contributed by atoms with E-state index in [1.54, 1.807) is 29.5 Å². The average molecular weight is 262 g/mol. The van der Waals surface area contributed by atoms with Crippen molar-refractivity contribution in [1.29, 1.82) is 0 Å². The molecule has 0 fully saturated rings. The van der Waals surface area contributed by atoms with Crippen LogP contribution in [0.1, 0.15) is 21.6 Å². The molecule has 94 valence electrons. The molecule has 0 aliphatic carbocycles. The summed E-state index contributed by atoms with van der Waals surface area (Å²) >= 11 is 1.59. The second-order valence-corrected chi connectivity index (χ2v) is 4.71. The lowest BCUT2D eigenvalue weighted by Crippen LogP contribution is -2.07. The zero-order valence-electron chi connectivity index (χ0n) is 10.0. The van der Waals surface area contributed by atoms with E-state index in [0.717, 1.165) is 29.9 Å². The normalized spacial score (nSPS) is 10.3. The molecule has 0 radical (unpaired) electrons. The van der Waals surface area contributed by atoms with Crippen molar-refractivity contribution < 1.29 is 9.90 Å². The summed E-state index contributed by atoms with van der Waals surface area (Å²) in [5, 5.41) is 14.2. The monoisotopic (exact) mass is 262 g/mol. The van der Waals surface area contributed by atoms with Gasteiger partial charge in [0.05, 0.1) is 16.8 Å². The Morgan fingerprint density at radius 2 is 2.33 bits per heavy atom. The molecule has 2 N–H and O–H groups in total. The van der Waals surface area contributed by atoms with Crippen LogP contribution in [0.3, 0.4) is 0 Å². The van der Waals surface area contributed by atoms with Crippen LogP contribution in [0.5, 0.6) is 0 Å². The van der Waals surface area contributed by atoms with Gasteiger partial charge in [-0.25, -0.2) is 9.78 Å². The molecule has 0 spiro atoms. The summed E-state index contributed by atoms with van der Waals surface area (Å²) in [4.78, 5) is 15.0. The van der Waals surface area contributed by atoms with Gasteiger partial charge in [-0.15, -0.1) is 11.3 Å². The summed E-state index contributed by atoms with van der Waals surface area (Å²) in [7, 11) is 0. The SMILES string of the molecule is Cc1cc(C(=O)O)ccc1NCCc1cscn1. The van der Waals surface area contributed by atoms with Crippen LogP contribution in [0.15, 0.2) is 29.1 Å². The predicted octanol–water partition coefficient (Wildman–Crippen LogP) is 2.80. The lowest BCUT2D eigenvalue weighted by molar-refractivity contribution is 0.0697. The van der Waals surface area contributed by atoms with Gasteiger partial charge in [-0.2, -0.15) is 0 Å². The Morgan fingerprint density at radius 3 is 2.94 bits per heavy atom. The Bertz CT molecular complexity index is 538. The maximum absolute atomic E-state index is 10.8. The molecule has 4 nitrogen and oxygen atoms in total. The van der Waals surface area contributed by atoms with Crippen LogP contribution >= 0.6 is 11.3 Å². The molecule has 0 saturated carbocycles. The molecule has 0 aliphatic heterocycles. The van der Waals surface area contributed by atoms with E-state index in [1.165, 1.54) is 0 Å². The fourth-order valence-corrected chi connectivity index (χ4v) is 2.27. The third-order valence-electron chi connectivity index (χ3n) is 2.65. The number of carboxylic acid groups (broad SMARTS) is 1. The number of aromatic nitrogens is 1. The van der Waals surface area contributed by atoms with Crippen LogP contribution in [-0.4, -0.2) is 22.6 Å². The van der Waals surface area contributed by atoms with Gasteiger partial charge in [0, 0.05) is 24.0 Å². The van der Waals surface area contributed by atoms with Crippen LogP contribution in [0.25, 0.3) is 0 Å². The van der Waals surface area contributed by atoms with Gasteiger partial charge in [0.25, 0.3) is 0 Å². The molecule has 1 aromatic heterocycles. The Labute approximate surface area is 109 Å². The summed E-state index contributed by atoms with van der Waals surface area (Å²) < 4.78 is 0. The first kappa shape index (κ1) is 12.6. The van der Waals surface area contributed by atoms with Gasteiger partial charge in [0.1, 0.15) is 0 Å². The number of thiazole rings is 1. The Hall–Kier alpha value is -1.88. The van der Waals surface area contributed by atoms with E-state index in [9.17, 15) is 4.79 Å². The van der Waals surface area contributed by atoms with Crippen molar-refractivity contribution in [1.82, 2.24) is 4.98 Å². The van der Waals surface area contributed by atoms with E-state index >= 15 is 0 Å². The fourth-order valence-electron chi connectivity index (χ4n) is 1.68. The number of carbonyl (C=O) groups is 1. The highest BCUT2D eigenvalue weighted by Gasteiger charge is 2.05. The predicted molar refractivity (Wildman–Crippen MR) is 72.4 cm³/mol. The summed E-state index contributed by atoms with van der Waals surface area (Å²) in [6.07, 6.45) is 0.865. The van der Waals surface area contributed by atoms with Crippen molar-refractivity contribution in [3.63, 3.8) is 0 Å². The topological polar surface area (TPSA) is 62.2 Å². The standard InChI is InChI=1S/C13H14N2O2S/c1-9-6-10(13(16)17)2-3-12(9)14-5-4-11-7-18-8-15-11/h2-3,6-8,14H,4-5H2,1H3,(H,16,17). The smallest absolute Gasteiger partial charge is 0.335 e. The first-order valence-electron chi connectivity index (χ1n) is 5.61. The largest absolute Gasteiger partial charge is 0.478 e. The highest BCUT2D eigenvalue weighted by atomic mass is 32.1. The number of nitrogens with zero attached hydrogens (tertiary/aromatic N) is 1. The minimum Gasteiger partial charge on any atom is -0.478 e. The van der Waals surface area contributed by atoms with Crippen LogP contribution in [0.4, 0.5) is 5.69 Å². The third-order valence-corrected chi connectivity index (χ3v) is 3.29.